The molecule has 1 unspecified atom stereocenters. The van der Waals surface area contributed by atoms with Crippen molar-refractivity contribution in [1.29, 1.82) is 0 Å². The van der Waals surface area contributed by atoms with Crippen molar-refractivity contribution in [3.05, 3.63) is 12.1 Å². The van der Waals surface area contributed by atoms with Gasteiger partial charge in [-0.1, -0.05) is 11.3 Å². The standard InChI is InChI=1S/C15H17N5O2S/c1-21-11-3-2-10-12(18-11)23-14(17-10)19-13-16-7-15(22-13)8-20-5-4-9(15)6-20/h2-3,9H,4-8H2,1H3,(H,16,17,19)/t9-,15+/m1/s1. The van der Waals surface area contributed by atoms with Crippen LogP contribution >= 0.6 is 11.3 Å². The van der Waals surface area contributed by atoms with Gasteiger partial charge >= 0.3 is 0 Å². The van der Waals surface area contributed by atoms with Crippen LogP contribution in [0.15, 0.2) is 17.1 Å². The summed E-state index contributed by atoms with van der Waals surface area (Å²) in [6, 6.07) is 4.31. The lowest BCUT2D eigenvalue weighted by molar-refractivity contribution is 0.0364. The van der Waals surface area contributed by atoms with E-state index in [9.17, 15) is 0 Å². The third-order valence-electron chi connectivity index (χ3n) is 4.95. The van der Waals surface area contributed by atoms with Gasteiger partial charge in [0.25, 0.3) is 6.02 Å². The fourth-order valence-electron chi connectivity index (χ4n) is 3.79. The third kappa shape index (κ3) is 2.08. The minimum Gasteiger partial charge on any atom is -0.481 e. The Morgan fingerprint density at radius 1 is 1.43 bits per heavy atom. The molecule has 0 saturated carbocycles. The molecule has 7 nitrogen and oxygen atoms in total. The molecular formula is C15H17N5O2S. The topological polar surface area (TPSA) is 71.9 Å². The van der Waals surface area contributed by atoms with Crippen molar-refractivity contribution in [3.63, 3.8) is 0 Å². The first-order valence-electron chi connectivity index (χ1n) is 7.78. The molecule has 0 radical (unpaired) electrons. The van der Waals surface area contributed by atoms with Crippen LogP contribution in [0, 0.1) is 5.92 Å². The van der Waals surface area contributed by atoms with E-state index in [2.05, 4.69) is 25.2 Å². The highest BCUT2D eigenvalue weighted by molar-refractivity contribution is 7.21. The highest BCUT2D eigenvalue weighted by atomic mass is 32.1. The number of piperidine rings is 1. The first-order chi connectivity index (χ1) is 11.2. The van der Waals surface area contributed by atoms with Crippen LogP contribution in [-0.2, 0) is 4.74 Å². The molecule has 0 aliphatic carbocycles. The Balaban J connectivity index is 1.34. The molecule has 120 valence electrons. The molecule has 2 aromatic heterocycles. The Bertz CT molecular complexity index is 806. The van der Waals surface area contributed by atoms with E-state index in [1.54, 1.807) is 7.11 Å². The summed E-state index contributed by atoms with van der Waals surface area (Å²) >= 11 is 1.48. The van der Waals surface area contributed by atoms with Gasteiger partial charge in [0.1, 0.15) is 15.9 Å². The van der Waals surface area contributed by atoms with Gasteiger partial charge in [-0.3, -0.25) is 10.2 Å². The average Bonchev–Trinajstić information content (AvgIpc) is 3.31. The van der Waals surface area contributed by atoms with Crippen molar-refractivity contribution < 1.29 is 9.47 Å². The van der Waals surface area contributed by atoms with E-state index >= 15 is 0 Å². The lowest BCUT2D eigenvalue weighted by Gasteiger charge is -2.31. The smallest absolute Gasteiger partial charge is 0.291 e. The molecule has 2 fully saturated rings. The zero-order valence-electron chi connectivity index (χ0n) is 12.8. The summed E-state index contributed by atoms with van der Waals surface area (Å²) in [6.45, 7) is 4.08. The number of anilines is 1. The highest BCUT2D eigenvalue weighted by Crippen LogP contribution is 2.41. The van der Waals surface area contributed by atoms with E-state index in [1.807, 2.05) is 12.1 Å². The molecule has 0 amide bonds. The summed E-state index contributed by atoms with van der Waals surface area (Å²) in [5, 5.41) is 3.96. The predicted molar refractivity (Wildman–Crippen MR) is 88.3 cm³/mol. The van der Waals surface area contributed by atoms with E-state index in [0.29, 0.717) is 17.8 Å². The van der Waals surface area contributed by atoms with Gasteiger partial charge in [0.05, 0.1) is 13.7 Å². The first kappa shape index (κ1) is 13.5. The number of amidine groups is 1. The molecule has 8 heteroatoms. The van der Waals surface area contributed by atoms with E-state index in [4.69, 9.17) is 9.47 Å². The van der Waals surface area contributed by atoms with Crippen LogP contribution in [0.5, 0.6) is 5.88 Å². The zero-order valence-corrected chi connectivity index (χ0v) is 13.6. The lowest BCUT2D eigenvalue weighted by Crippen LogP contribution is -2.46. The van der Waals surface area contributed by atoms with Crippen LogP contribution in [0.1, 0.15) is 6.42 Å². The number of nitrogens with zero attached hydrogens (tertiary/aromatic N) is 4. The number of aliphatic imine (C=N–C) groups is 1. The van der Waals surface area contributed by atoms with Crippen molar-refractivity contribution >= 4 is 32.8 Å². The fourth-order valence-corrected chi connectivity index (χ4v) is 4.61. The summed E-state index contributed by atoms with van der Waals surface area (Å²) in [7, 11) is 1.61. The maximum Gasteiger partial charge on any atom is 0.291 e. The maximum absolute atomic E-state index is 6.21. The molecule has 2 bridgehead atoms. The summed E-state index contributed by atoms with van der Waals surface area (Å²) in [5.41, 5.74) is 0.733. The van der Waals surface area contributed by atoms with Crippen LogP contribution in [0.4, 0.5) is 5.13 Å². The lowest BCUT2D eigenvalue weighted by atomic mass is 9.88. The molecule has 3 aliphatic heterocycles. The number of hydrogen-bond donors (Lipinski definition) is 1. The van der Waals surface area contributed by atoms with E-state index in [1.165, 1.54) is 24.3 Å². The van der Waals surface area contributed by atoms with E-state index in [-0.39, 0.29) is 5.60 Å². The van der Waals surface area contributed by atoms with Crippen LogP contribution < -0.4 is 10.1 Å². The zero-order chi connectivity index (χ0) is 15.4. The quantitative estimate of drug-likeness (QED) is 0.901. The van der Waals surface area contributed by atoms with E-state index in [0.717, 1.165) is 35.1 Å². The number of thiazole rings is 1. The van der Waals surface area contributed by atoms with Crippen molar-refractivity contribution in [1.82, 2.24) is 14.9 Å². The minimum absolute atomic E-state index is 0.112. The number of methoxy groups -OCH3 is 1. The average molecular weight is 331 g/mol. The molecule has 3 atom stereocenters. The van der Waals surface area contributed by atoms with Crippen LogP contribution in [0.25, 0.3) is 10.3 Å². The maximum atomic E-state index is 6.21. The Kier molecular flexibility index (Phi) is 2.81. The van der Waals surface area contributed by atoms with Crippen LogP contribution in [-0.4, -0.2) is 59.8 Å². The molecule has 1 spiro atoms. The van der Waals surface area contributed by atoms with E-state index < -0.39 is 0 Å². The number of ether oxygens (including phenoxy) is 2. The Morgan fingerprint density at radius 2 is 2.39 bits per heavy atom. The molecule has 2 saturated heterocycles. The Labute approximate surface area is 137 Å². The summed E-state index contributed by atoms with van der Waals surface area (Å²) < 4.78 is 11.4. The first-order valence-corrected chi connectivity index (χ1v) is 8.60. The van der Waals surface area contributed by atoms with Crippen molar-refractivity contribution in [2.75, 3.05) is 38.6 Å². The summed E-state index contributed by atoms with van der Waals surface area (Å²) in [5.74, 6) is 1.20. The van der Waals surface area contributed by atoms with Gasteiger partial charge in [0.15, 0.2) is 5.13 Å². The number of pyridine rings is 1. The predicted octanol–water partition coefficient (Wildman–Crippen LogP) is 1.57. The normalized spacial score (nSPS) is 31.6. The number of hydrogen-bond acceptors (Lipinski definition) is 8. The molecular weight excluding hydrogens is 314 g/mol. The third-order valence-corrected chi connectivity index (χ3v) is 5.83. The van der Waals surface area contributed by atoms with Gasteiger partial charge in [-0.15, -0.1) is 0 Å². The Morgan fingerprint density at radius 3 is 3.17 bits per heavy atom. The SMILES string of the molecule is COc1ccc2nc(NC3=NC[C@@]4(CN5CC[C@@H]4C5)O3)sc2n1. The van der Waals surface area contributed by atoms with Gasteiger partial charge in [-0.2, -0.15) is 0 Å². The van der Waals surface area contributed by atoms with Gasteiger partial charge in [-0.25, -0.2) is 15.0 Å². The molecule has 23 heavy (non-hydrogen) atoms. The number of rotatable bonds is 2. The second-order valence-electron chi connectivity index (χ2n) is 6.33. The van der Waals surface area contributed by atoms with Crippen LogP contribution in [0.2, 0.25) is 0 Å². The molecule has 3 aliphatic rings. The second-order valence-corrected chi connectivity index (χ2v) is 7.31. The molecule has 0 aromatic carbocycles. The van der Waals surface area contributed by atoms with Crippen molar-refractivity contribution in [2.45, 2.75) is 12.0 Å². The molecule has 1 N–H and O–H groups in total. The van der Waals surface area contributed by atoms with Crippen LogP contribution in [0.3, 0.4) is 0 Å². The summed E-state index contributed by atoms with van der Waals surface area (Å²) in [4.78, 5) is 16.8. The molecule has 5 rings (SSSR count). The second kappa shape index (κ2) is 4.78. The molecule has 2 aromatic rings. The number of aromatic nitrogens is 2. The fraction of sp³-hybridized carbons (Fsp3) is 0.533. The number of nitrogens with one attached hydrogen (secondary N) is 1. The van der Waals surface area contributed by atoms with Gasteiger partial charge < -0.3 is 9.47 Å². The highest BCUT2D eigenvalue weighted by Gasteiger charge is 2.54. The van der Waals surface area contributed by atoms with Gasteiger partial charge in [0.2, 0.25) is 5.88 Å². The number of fused-ring (bicyclic) bond motifs is 4. The van der Waals surface area contributed by atoms with Gasteiger partial charge in [0, 0.05) is 25.1 Å². The summed E-state index contributed by atoms with van der Waals surface area (Å²) in [6.07, 6.45) is 1.22. The monoisotopic (exact) mass is 331 g/mol. The van der Waals surface area contributed by atoms with Crippen molar-refractivity contribution in [3.8, 4) is 5.88 Å². The largest absolute Gasteiger partial charge is 0.481 e. The minimum atomic E-state index is -0.112. The molecule has 5 heterocycles. The van der Waals surface area contributed by atoms with Crippen molar-refractivity contribution in [2.24, 2.45) is 10.9 Å². The Hall–Kier alpha value is -1.93. The van der Waals surface area contributed by atoms with Gasteiger partial charge in [-0.05, 0) is 19.0 Å².